The van der Waals surface area contributed by atoms with Crippen LogP contribution in [-0.2, 0) is 11.3 Å². The van der Waals surface area contributed by atoms with E-state index < -0.39 is 0 Å². The fourth-order valence-corrected chi connectivity index (χ4v) is 2.45. The van der Waals surface area contributed by atoms with Gasteiger partial charge < -0.3 is 14.5 Å². The molecule has 2 heterocycles. The number of carbonyl (C=O) groups excluding carboxylic acids is 1. The quantitative estimate of drug-likeness (QED) is 0.706. The summed E-state index contributed by atoms with van der Waals surface area (Å²) >= 11 is 0. The van der Waals surface area contributed by atoms with Crippen molar-refractivity contribution in [2.45, 2.75) is 19.4 Å². The summed E-state index contributed by atoms with van der Waals surface area (Å²) in [4.78, 5) is 24.0. The smallest absolute Gasteiger partial charge is 0.266 e. The van der Waals surface area contributed by atoms with Gasteiger partial charge in [-0.3, -0.25) is 9.59 Å². The van der Waals surface area contributed by atoms with Gasteiger partial charge in [0.25, 0.3) is 5.56 Å². The number of hydrogen-bond acceptors (Lipinski definition) is 5. The Kier molecular flexibility index (Phi) is 5.48. The van der Waals surface area contributed by atoms with E-state index in [-0.39, 0.29) is 17.9 Å². The van der Waals surface area contributed by atoms with Gasteiger partial charge in [0.05, 0.1) is 13.4 Å². The first-order chi connectivity index (χ1) is 12.7. The number of benzene rings is 1. The molecule has 2 aromatic heterocycles. The van der Waals surface area contributed by atoms with Crippen LogP contribution in [0.25, 0.3) is 11.5 Å². The lowest BCUT2D eigenvalue weighted by Crippen LogP contribution is -2.23. The lowest BCUT2D eigenvalue weighted by atomic mass is 10.2. The van der Waals surface area contributed by atoms with Crippen molar-refractivity contribution < 1.29 is 13.9 Å². The number of amides is 1. The van der Waals surface area contributed by atoms with E-state index in [9.17, 15) is 9.59 Å². The molecule has 0 saturated heterocycles. The van der Waals surface area contributed by atoms with Crippen molar-refractivity contribution in [2.24, 2.45) is 0 Å². The number of anilines is 1. The van der Waals surface area contributed by atoms with Crippen LogP contribution in [-0.4, -0.2) is 22.8 Å². The van der Waals surface area contributed by atoms with Gasteiger partial charge in [0.1, 0.15) is 11.4 Å². The van der Waals surface area contributed by atoms with Crippen LogP contribution >= 0.6 is 0 Å². The molecule has 0 aliphatic carbocycles. The summed E-state index contributed by atoms with van der Waals surface area (Å²) in [7, 11) is 1.59. The summed E-state index contributed by atoms with van der Waals surface area (Å²) in [5, 5.41) is 7.09. The van der Waals surface area contributed by atoms with Gasteiger partial charge in [-0.25, -0.2) is 4.68 Å². The molecule has 0 radical (unpaired) electrons. The van der Waals surface area contributed by atoms with Crippen LogP contribution in [0, 0.1) is 0 Å². The van der Waals surface area contributed by atoms with Gasteiger partial charge in [0, 0.05) is 24.7 Å². The molecule has 0 aliphatic heterocycles. The molecule has 0 saturated carbocycles. The second kappa shape index (κ2) is 8.15. The lowest BCUT2D eigenvalue weighted by molar-refractivity contribution is -0.116. The molecule has 7 nitrogen and oxygen atoms in total. The van der Waals surface area contributed by atoms with Gasteiger partial charge >= 0.3 is 0 Å². The van der Waals surface area contributed by atoms with Crippen molar-refractivity contribution in [3.05, 3.63) is 65.1 Å². The lowest BCUT2D eigenvalue weighted by Gasteiger charge is -2.08. The van der Waals surface area contributed by atoms with E-state index in [1.165, 1.54) is 10.7 Å². The Labute approximate surface area is 150 Å². The van der Waals surface area contributed by atoms with Crippen LogP contribution in [0.4, 0.5) is 5.69 Å². The first kappa shape index (κ1) is 17.5. The van der Waals surface area contributed by atoms with Crippen LogP contribution < -0.4 is 15.6 Å². The van der Waals surface area contributed by atoms with Crippen molar-refractivity contribution in [1.82, 2.24) is 9.78 Å². The molecular formula is C19H19N3O4. The molecule has 1 N–H and O–H groups in total. The zero-order valence-electron chi connectivity index (χ0n) is 14.3. The molecular weight excluding hydrogens is 334 g/mol. The van der Waals surface area contributed by atoms with E-state index in [1.807, 2.05) is 0 Å². The van der Waals surface area contributed by atoms with Crippen molar-refractivity contribution >= 4 is 11.6 Å². The zero-order valence-corrected chi connectivity index (χ0v) is 14.3. The number of hydrogen-bond donors (Lipinski definition) is 1. The van der Waals surface area contributed by atoms with Crippen molar-refractivity contribution in [1.29, 1.82) is 0 Å². The van der Waals surface area contributed by atoms with Gasteiger partial charge in [-0.15, -0.1) is 0 Å². The summed E-state index contributed by atoms with van der Waals surface area (Å²) in [6.45, 7) is 0.351. The summed E-state index contributed by atoms with van der Waals surface area (Å²) in [6, 6.07) is 13.7. The monoisotopic (exact) mass is 353 g/mol. The molecule has 134 valence electrons. The molecule has 0 aliphatic rings. The first-order valence-electron chi connectivity index (χ1n) is 8.21. The molecule has 0 spiro atoms. The fourth-order valence-electron chi connectivity index (χ4n) is 2.45. The van der Waals surface area contributed by atoms with Crippen LogP contribution in [0.2, 0.25) is 0 Å². The average Bonchev–Trinajstić information content (AvgIpc) is 3.18. The Hall–Kier alpha value is -3.35. The van der Waals surface area contributed by atoms with Gasteiger partial charge in [-0.1, -0.05) is 0 Å². The number of ether oxygens (including phenoxy) is 1. The molecule has 3 aromatic rings. The number of aryl methyl sites for hydroxylation is 1. The molecule has 0 fully saturated rings. The highest BCUT2D eigenvalue weighted by molar-refractivity contribution is 5.90. The van der Waals surface area contributed by atoms with Gasteiger partial charge in [0.2, 0.25) is 5.91 Å². The summed E-state index contributed by atoms with van der Waals surface area (Å²) in [5.74, 6) is 1.20. The van der Waals surface area contributed by atoms with Crippen LogP contribution in [0.5, 0.6) is 5.75 Å². The van der Waals surface area contributed by atoms with Crippen LogP contribution in [0.1, 0.15) is 12.8 Å². The topological polar surface area (TPSA) is 86.4 Å². The predicted octanol–water partition coefficient (Wildman–Crippen LogP) is 2.93. The highest BCUT2D eigenvalue weighted by Gasteiger charge is 2.07. The number of aromatic nitrogens is 2. The number of furan rings is 1. The number of nitrogens with zero attached hydrogens (tertiary/aromatic N) is 2. The largest absolute Gasteiger partial charge is 0.497 e. The zero-order chi connectivity index (χ0) is 18.4. The van der Waals surface area contributed by atoms with Crippen molar-refractivity contribution in [3.63, 3.8) is 0 Å². The minimum Gasteiger partial charge on any atom is -0.497 e. The molecule has 0 unspecified atom stereocenters. The van der Waals surface area contributed by atoms with Gasteiger partial charge in [-0.2, -0.15) is 5.10 Å². The Morgan fingerprint density at radius 3 is 2.69 bits per heavy atom. The maximum Gasteiger partial charge on any atom is 0.266 e. The molecule has 7 heteroatoms. The highest BCUT2D eigenvalue weighted by Crippen LogP contribution is 2.16. The van der Waals surface area contributed by atoms with E-state index in [1.54, 1.807) is 55.8 Å². The average molecular weight is 353 g/mol. The molecule has 3 rings (SSSR count). The van der Waals surface area contributed by atoms with Gasteiger partial charge in [-0.05, 0) is 48.9 Å². The van der Waals surface area contributed by atoms with E-state index in [4.69, 9.17) is 9.15 Å². The van der Waals surface area contributed by atoms with E-state index in [2.05, 4.69) is 10.4 Å². The summed E-state index contributed by atoms with van der Waals surface area (Å²) < 4.78 is 11.7. The van der Waals surface area contributed by atoms with E-state index in [0.29, 0.717) is 30.1 Å². The van der Waals surface area contributed by atoms with Crippen LogP contribution in [0.3, 0.4) is 0 Å². The van der Waals surface area contributed by atoms with Crippen molar-refractivity contribution in [2.75, 3.05) is 12.4 Å². The Balaban J connectivity index is 1.54. The molecule has 26 heavy (non-hydrogen) atoms. The first-order valence-corrected chi connectivity index (χ1v) is 8.21. The highest BCUT2D eigenvalue weighted by atomic mass is 16.5. The standard InChI is InChI=1S/C19H19N3O4/c1-25-15-8-6-14(7-9-15)20-18(23)5-2-12-22-19(24)11-10-16(21-22)17-4-3-13-26-17/h3-4,6-11,13H,2,5,12H2,1H3,(H,20,23). The molecule has 1 aromatic carbocycles. The maximum absolute atomic E-state index is 12.0. The normalized spacial score (nSPS) is 10.5. The predicted molar refractivity (Wildman–Crippen MR) is 97.1 cm³/mol. The maximum atomic E-state index is 12.0. The second-order valence-corrected chi connectivity index (χ2v) is 5.64. The minimum absolute atomic E-state index is 0.120. The Morgan fingerprint density at radius 1 is 1.19 bits per heavy atom. The van der Waals surface area contributed by atoms with E-state index in [0.717, 1.165) is 5.75 Å². The van der Waals surface area contributed by atoms with Crippen molar-refractivity contribution in [3.8, 4) is 17.2 Å². The second-order valence-electron chi connectivity index (χ2n) is 5.64. The third-order valence-electron chi connectivity index (χ3n) is 3.79. The third kappa shape index (κ3) is 4.38. The Morgan fingerprint density at radius 2 is 2.00 bits per heavy atom. The number of rotatable bonds is 7. The summed E-state index contributed by atoms with van der Waals surface area (Å²) in [5.41, 5.74) is 1.07. The fraction of sp³-hybridized carbons (Fsp3) is 0.211. The molecule has 1 amide bonds. The molecule has 0 atom stereocenters. The van der Waals surface area contributed by atoms with E-state index >= 15 is 0 Å². The number of methoxy groups -OCH3 is 1. The summed E-state index contributed by atoms with van der Waals surface area (Å²) in [6.07, 6.45) is 2.33. The number of carbonyl (C=O) groups is 1. The third-order valence-corrected chi connectivity index (χ3v) is 3.79. The molecule has 0 bridgehead atoms. The minimum atomic E-state index is -0.212. The van der Waals surface area contributed by atoms with Crippen LogP contribution in [0.15, 0.2) is 64.0 Å². The number of nitrogens with one attached hydrogen (secondary N) is 1. The SMILES string of the molecule is COc1ccc(NC(=O)CCCn2nc(-c3ccco3)ccc2=O)cc1. The van der Waals surface area contributed by atoms with Gasteiger partial charge in [0.15, 0.2) is 5.76 Å². The Bertz CT molecular complexity index is 915.